The van der Waals surface area contributed by atoms with Gasteiger partial charge in [-0.05, 0) is 19.1 Å². The number of nitrogens with one attached hydrogen (secondary N) is 1. The number of ether oxygens (including phenoxy) is 1. The fourth-order valence-corrected chi connectivity index (χ4v) is 5.34. The van der Waals surface area contributed by atoms with Crippen molar-refractivity contribution < 1.29 is 27.9 Å². The van der Waals surface area contributed by atoms with E-state index >= 15 is 0 Å². The summed E-state index contributed by atoms with van der Waals surface area (Å²) in [5.41, 5.74) is 0.440. The lowest BCUT2D eigenvalue weighted by Gasteiger charge is -2.38. The van der Waals surface area contributed by atoms with E-state index in [0.717, 1.165) is 4.31 Å². The average molecular weight is 558 g/mol. The molecule has 208 valence electrons. The SMILES string of the molecule is C[C@@H]1CN([C@H](C)CO)C(=O)c2cccc(NC(=O)c3cnccn3)c2O[C@@H]1CN(C)S(=O)(=O)c1cn(C)cn1. The molecule has 39 heavy (non-hydrogen) atoms. The number of likely N-dealkylation sites (N-methyl/N-ethyl adjacent to an activating group) is 1. The summed E-state index contributed by atoms with van der Waals surface area (Å²) in [7, 11) is -0.828. The lowest BCUT2D eigenvalue weighted by Crippen LogP contribution is -2.50. The molecule has 0 unspecified atom stereocenters. The van der Waals surface area contributed by atoms with Gasteiger partial charge in [0.15, 0.2) is 10.8 Å². The Balaban J connectivity index is 1.73. The number of aliphatic hydroxyl groups excluding tert-OH is 1. The maximum atomic E-state index is 13.6. The molecule has 1 aliphatic heterocycles. The minimum atomic E-state index is -3.93. The van der Waals surface area contributed by atoms with Crippen LogP contribution in [-0.2, 0) is 17.1 Å². The molecule has 0 radical (unpaired) electrons. The number of aryl methyl sites for hydroxylation is 1. The lowest BCUT2D eigenvalue weighted by atomic mass is 9.99. The van der Waals surface area contributed by atoms with E-state index in [2.05, 4.69) is 20.3 Å². The Morgan fingerprint density at radius 1 is 1.31 bits per heavy atom. The fraction of sp³-hybridized carbons (Fsp3) is 0.400. The number of amides is 2. The minimum Gasteiger partial charge on any atom is -0.486 e. The number of carbonyl (C=O) groups excluding carboxylic acids is 2. The first-order valence-corrected chi connectivity index (χ1v) is 13.7. The van der Waals surface area contributed by atoms with E-state index in [-0.39, 0.29) is 59.2 Å². The molecule has 0 bridgehead atoms. The van der Waals surface area contributed by atoms with Crippen LogP contribution in [0.5, 0.6) is 5.75 Å². The van der Waals surface area contributed by atoms with Crippen LogP contribution in [-0.4, -0.2) is 93.0 Å². The zero-order chi connectivity index (χ0) is 28.3. The van der Waals surface area contributed by atoms with Gasteiger partial charge in [-0.3, -0.25) is 14.6 Å². The van der Waals surface area contributed by atoms with Crippen molar-refractivity contribution >= 4 is 27.5 Å². The van der Waals surface area contributed by atoms with Gasteiger partial charge in [-0.2, -0.15) is 4.31 Å². The van der Waals surface area contributed by atoms with Gasteiger partial charge in [0.05, 0.1) is 43.0 Å². The maximum absolute atomic E-state index is 13.6. The highest BCUT2D eigenvalue weighted by Gasteiger charge is 2.36. The van der Waals surface area contributed by atoms with E-state index in [1.54, 1.807) is 32.2 Å². The van der Waals surface area contributed by atoms with Crippen LogP contribution < -0.4 is 10.1 Å². The second-order valence-corrected chi connectivity index (χ2v) is 11.5. The van der Waals surface area contributed by atoms with Crippen molar-refractivity contribution in [1.29, 1.82) is 0 Å². The standard InChI is InChI=1S/C25H31N7O6S/c1-16-11-32(17(2)14-33)25(35)18-6-5-7-19(29-24(34)20-10-26-8-9-27-20)23(18)38-21(16)12-31(4)39(36,37)22-13-30(3)15-28-22/h5-10,13,15-17,21,33H,11-12,14H2,1-4H3,(H,29,34)/t16-,17-,21-/m1/s1. The molecular formula is C25H31N7O6S. The summed E-state index contributed by atoms with van der Waals surface area (Å²) in [6.45, 7) is 3.43. The smallest absolute Gasteiger partial charge is 0.275 e. The molecule has 3 atom stereocenters. The van der Waals surface area contributed by atoms with Crippen LogP contribution in [0.15, 0.2) is 54.3 Å². The molecule has 3 heterocycles. The molecule has 0 aliphatic carbocycles. The molecule has 2 aromatic heterocycles. The predicted octanol–water partition coefficient (Wildman–Crippen LogP) is 1.00. The van der Waals surface area contributed by atoms with E-state index in [1.807, 2.05) is 6.92 Å². The van der Waals surface area contributed by atoms with Crippen LogP contribution in [0.2, 0.25) is 0 Å². The fourth-order valence-electron chi connectivity index (χ4n) is 4.20. The van der Waals surface area contributed by atoms with Gasteiger partial charge >= 0.3 is 0 Å². The zero-order valence-electron chi connectivity index (χ0n) is 22.1. The van der Waals surface area contributed by atoms with Gasteiger partial charge in [0, 0.05) is 45.1 Å². The second kappa shape index (κ2) is 11.5. The summed E-state index contributed by atoms with van der Waals surface area (Å²) >= 11 is 0. The molecule has 2 N–H and O–H groups in total. The monoisotopic (exact) mass is 557 g/mol. The Kier molecular flexibility index (Phi) is 8.28. The summed E-state index contributed by atoms with van der Waals surface area (Å²) in [4.78, 5) is 39.9. The van der Waals surface area contributed by atoms with Crippen LogP contribution >= 0.6 is 0 Å². The first-order valence-electron chi connectivity index (χ1n) is 12.3. The number of fused-ring (bicyclic) bond motifs is 1. The topological polar surface area (TPSA) is 160 Å². The summed E-state index contributed by atoms with van der Waals surface area (Å²) < 4.78 is 35.4. The third-order valence-electron chi connectivity index (χ3n) is 6.53. The van der Waals surface area contributed by atoms with Crippen LogP contribution in [0.3, 0.4) is 0 Å². The van der Waals surface area contributed by atoms with Crippen molar-refractivity contribution in [3.05, 3.63) is 60.6 Å². The number of hydrogen-bond donors (Lipinski definition) is 2. The molecule has 14 heteroatoms. The number of rotatable bonds is 8. The summed E-state index contributed by atoms with van der Waals surface area (Å²) in [5.74, 6) is -1.21. The molecule has 13 nitrogen and oxygen atoms in total. The maximum Gasteiger partial charge on any atom is 0.275 e. The van der Waals surface area contributed by atoms with Crippen LogP contribution in [0.1, 0.15) is 34.7 Å². The zero-order valence-corrected chi connectivity index (χ0v) is 22.9. The molecule has 0 saturated heterocycles. The molecule has 0 spiro atoms. The molecule has 4 rings (SSSR count). The van der Waals surface area contributed by atoms with Gasteiger partial charge in [0.1, 0.15) is 11.8 Å². The van der Waals surface area contributed by atoms with Gasteiger partial charge in [0.25, 0.3) is 21.8 Å². The molecule has 2 amide bonds. The third kappa shape index (κ3) is 5.92. The Morgan fingerprint density at radius 3 is 2.72 bits per heavy atom. The van der Waals surface area contributed by atoms with E-state index in [4.69, 9.17) is 4.74 Å². The molecule has 0 fully saturated rings. The number of anilines is 1. The Hall–Kier alpha value is -3.88. The van der Waals surface area contributed by atoms with Crippen LogP contribution in [0.25, 0.3) is 0 Å². The number of aromatic nitrogens is 4. The van der Waals surface area contributed by atoms with Crippen LogP contribution in [0, 0.1) is 5.92 Å². The largest absolute Gasteiger partial charge is 0.486 e. The highest BCUT2D eigenvalue weighted by molar-refractivity contribution is 7.89. The van der Waals surface area contributed by atoms with Crippen LogP contribution in [0.4, 0.5) is 5.69 Å². The number of carbonyl (C=O) groups is 2. The van der Waals surface area contributed by atoms with E-state index < -0.39 is 28.1 Å². The van der Waals surface area contributed by atoms with Gasteiger partial charge in [-0.1, -0.05) is 13.0 Å². The highest BCUT2D eigenvalue weighted by atomic mass is 32.2. The van der Waals surface area contributed by atoms with Crippen molar-refractivity contribution in [3.63, 3.8) is 0 Å². The molecular weight excluding hydrogens is 526 g/mol. The summed E-state index contributed by atoms with van der Waals surface area (Å²) in [6.07, 6.45) is 6.21. The van der Waals surface area contributed by atoms with Crippen molar-refractivity contribution in [3.8, 4) is 5.75 Å². The molecule has 1 aliphatic rings. The average Bonchev–Trinajstić information content (AvgIpc) is 3.38. The quantitative estimate of drug-likeness (QED) is 0.412. The second-order valence-electron chi connectivity index (χ2n) is 9.51. The number of sulfonamides is 1. The first kappa shape index (κ1) is 28.1. The van der Waals surface area contributed by atoms with Gasteiger partial charge in [-0.25, -0.2) is 18.4 Å². The molecule has 0 saturated carbocycles. The highest BCUT2D eigenvalue weighted by Crippen LogP contribution is 2.35. The number of hydrogen-bond acceptors (Lipinski definition) is 9. The Bertz CT molecular complexity index is 1450. The Morgan fingerprint density at radius 2 is 2.08 bits per heavy atom. The van der Waals surface area contributed by atoms with E-state index in [1.165, 1.54) is 47.6 Å². The number of imidazole rings is 1. The van der Waals surface area contributed by atoms with Crippen molar-refractivity contribution in [1.82, 2.24) is 28.7 Å². The van der Waals surface area contributed by atoms with Gasteiger partial charge < -0.3 is 24.6 Å². The number of benzene rings is 1. The molecule has 1 aromatic carbocycles. The van der Waals surface area contributed by atoms with Gasteiger partial charge in [-0.15, -0.1) is 0 Å². The normalized spacial score (nSPS) is 18.6. The number of aliphatic hydroxyl groups is 1. The summed E-state index contributed by atoms with van der Waals surface area (Å²) in [6, 6.07) is 4.23. The van der Waals surface area contributed by atoms with Crippen molar-refractivity contribution in [2.24, 2.45) is 13.0 Å². The number of para-hydroxylation sites is 1. The lowest BCUT2D eigenvalue weighted by molar-refractivity contribution is 0.0388. The predicted molar refractivity (Wildman–Crippen MR) is 141 cm³/mol. The third-order valence-corrected chi connectivity index (χ3v) is 8.24. The summed E-state index contributed by atoms with van der Waals surface area (Å²) in [5, 5.41) is 12.5. The van der Waals surface area contributed by atoms with E-state index in [9.17, 15) is 23.1 Å². The van der Waals surface area contributed by atoms with E-state index in [0.29, 0.717) is 0 Å². The van der Waals surface area contributed by atoms with Crippen molar-refractivity contribution in [2.75, 3.05) is 32.1 Å². The molecule has 3 aromatic rings. The van der Waals surface area contributed by atoms with Gasteiger partial charge in [0.2, 0.25) is 0 Å². The first-order chi connectivity index (χ1) is 18.5. The minimum absolute atomic E-state index is 0.0638. The Labute approximate surface area is 226 Å². The number of nitrogens with zero attached hydrogens (tertiary/aromatic N) is 6. The van der Waals surface area contributed by atoms with Crippen molar-refractivity contribution in [2.45, 2.75) is 31.0 Å².